The van der Waals surface area contributed by atoms with Crippen LogP contribution in [-0.2, 0) is 0 Å². The van der Waals surface area contributed by atoms with Gasteiger partial charge in [0, 0.05) is 23.7 Å². The molecule has 0 aliphatic heterocycles. The van der Waals surface area contributed by atoms with E-state index in [1.165, 1.54) is 7.11 Å². The van der Waals surface area contributed by atoms with E-state index in [9.17, 15) is 22.0 Å². The van der Waals surface area contributed by atoms with E-state index in [4.69, 9.17) is 0 Å². The summed E-state index contributed by atoms with van der Waals surface area (Å²) in [5.74, 6) is -6.78. The third kappa shape index (κ3) is 2.86. The molecule has 0 bridgehead atoms. The molecule has 8 heteroatoms. The molecule has 116 valence electrons. The molecule has 2 rings (SSSR count). The second kappa shape index (κ2) is 6.25. The van der Waals surface area contributed by atoms with Crippen LogP contribution in [-0.4, -0.2) is 21.5 Å². The van der Waals surface area contributed by atoms with Crippen LogP contribution in [0, 0.1) is 29.1 Å². The van der Waals surface area contributed by atoms with Crippen molar-refractivity contribution in [3.8, 4) is 11.5 Å². The van der Waals surface area contributed by atoms with Crippen molar-refractivity contribution in [2.75, 3.05) is 14.2 Å². The van der Waals surface area contributed by atoms with Crippen LogP contribution in [0.25, 0.3) is 0 Å². The van der Waals surface area contributed by atoms with E-state index in [-0.39, 0.29) is 5.75 Å². The van der Waals surface area contributed by atoms with Gasteiger partial charge in [0.25, 0.3) is 0 Å². The molecular formula is C14H10BF5O2. The van der Waals surface area contributed by atoms with Crippen molar-refractivity contribution in [2.45, 2.75) is 0 Å². The van der Waals surface area contributed by atoms with Gasteiger partial charge in [0.05, 0.1) is 14.2 Å². The van der Waals surface area contributed by atoms with E-state index in [1.54, 1.807) is 0 Å². The van der Waals surface area contributed by atoms with Crippen LogP contribution in [0.2, 0.25) is 0 Å². The van der Waals surface area contributed by atoms with Gasteiger partial charge in [-0.2, -0.15) is 0 Å². The maximum absolute atomic E-state index is 13.9. The zero-order valence-electron chi connectivity index (χ0n) is 11.6. The van der Waals surface area contributed by atoms with Crippen molar-refractivity contribution in [2.24, 2.45) is 0 Å². The third-order valence-electron chi connectivity index (χ3n) is 3.13. The van der Waals surface area contributed by atoms with Gasteiger partial charge in [0.15, 0.2) is 23.2 Å². The summed E-state index contributed by atoms with van der Waals surface area (Å²) in [6.07, 6.45) is 0. The molecule has 0 aliphatic rings. The SMILES string of the molecule is COc1cc(F)c(Bc2c(F)c(F)cc(F)c2OC)c(F)c1. The van der Waals surface area contributed by atoms with Gasteiger partial charge >= 0.3 is 0 Å². The first-order chi connectivity index (χ1) is 10.4. The Morgan fingerprint density at radius 2 is 1.32 bits per heavy atom. The average Bonchev–Trinajstić information content (AvgIpc) is 2.47. The molecule has 0 unspecified atom stereocenters. The van der Waals surface area contributed by atoms with E-state index >= 15 is 0 Å². The van der Waals surface area contributed by atoms with Crippen LogP contribution < -0.4 is 20.4 Å². The highest BCUT2D eigenvalue weighted by atomic mass is 19.2. The zero-order chi connectivity index (χ0) is 16.4. The van der Waals surface area contributed by atoms with Gasteiger partial charge in [-0.05, 0) is 5.46 Å². The molecule has 22 heavy (non-hydrogen) atoms. The molecule has 0 saturated heterocycles. The normalized spacial score (nSPS) is 10.5. The van der Waals surface area contributed by atoms with Crippen molar-refractivity contribution >= 4 is 18.2 Å². The average molecular weight is 316 g/mol. The lowest BCUT2D eigenvalue weighted by Gasteiger charge is -2.12. The van der Waals surface area contributed by atoms with Gasteiger partial charge < -0.3 is 9.47 Å². The Bertz CT molecular complexity index is 698. The largest absolute Gasteiger partial charge is 0.497 e. The number of ether oxygens (including phenoxy) is 2. The highest BCUT2D eigenvalue weighted by molar-refractivity contribution is 6.68. The van der Waals surface area contributed by atoms with E-state index in [1.807, 2.05) is 0 Å². The van der Waals surface area contributed by atoms with Crippen LogP contribution in [0.15, 0.2) is 18.2 Å². The van der Waals surface area contributed by atoms with E-state index in [2.05, 4.69) is 9.47 Å². The molecule has 2 nitrogen and oxygen atoms in total. The van der Waals surface area contributed by atoms with Gasteiger partial charge in [0.1, 0.15) is 17.4 Å². The lowest BCUT2D eigenvalue weighted by Crippen LogP contribution is -2.36. The predicted octanol–water partition coefficient (Wildman–Crippen LogP) is 1.79. The van der Waals surface area contributed by atoms with Gasteiger partial charge in [-0.3, -0.25) is 0 Å². The standard InChI is InChI=1S/C14H10BF5O2/c1-21-6-3-7(16)11(8(17)4-6)15-12-13(20)9(18)5-10(19)14(12)22-2/h3-5,15H,1-2H3. The first-order valence-corrected chi connectivity index (χ1v) is 6.11. The Kier molecular flexibility index (Phi) is 4.58. The summed E-state index contributed by atoms with van der Waals surface area (Å²) in [6, 6.07) is 2.08. The second-order valence-corrected chi connectivity index (χ2v) is 4.41. The van der Waals surface area contributed by atoms with Crippen molar-refractivity contribution < 1.29 is 31.4 Å². The van der Waals surface area contributed by atoms with Gasteiger partial charge in [-0.15, -0.1) is 0 Å². The quantitative estimate of drug-likeness (QED) is 0.486. The zero-order valence-corrected chi connectivity index (χ0v) is 11.6. The topological polar surface area (TPSA) is 18.5 Å². The molecule has 2 aromatic carbocycles. The van der Waals surface area contributed by atoms with Gasteiger partial charge in [-0.25, -0.2) is 22.0 Å². The lowest BCUT2D eigenvalue weighted by molar-refractivity contribution is 0.381. The first-order valence-electron chi connectivity index (χ1n) is 6.11. The molecule has 0 aliphatic carbocycles. The van der Waals surface area contributed by atoms with Gasteiger partial charge in [-0.1, -0.05) is 0 Å². The lowest BCUT2D eigenvalue weighted by atomic mass is 9.62. The Balaban J connectivity index is 2.57. The summed E-state index contributed by atoms with van der Waals surface area (Å²) < 4.78 is 77.8. The van der Waals surface area contributed by atoms with Crippen LogP contribution in [0.5, 0.6) is 11.5 Å². The minimum atomic E-state index is -1.47. The van der Waals surface area contributed by atoms with Crippen molar-refractivity contribution in [3.05, 3.63) is 47.3 Å². The fourth-order valence-corrected chi connectivity index (χ4v) is 2.05. The third-order valence-corrected chi connectivity index (χ3v) is 3.13. The summed E-state index contributed by atoms with van der Waals surface area (Å²) in [7, 11) is 1.55. The molecule has 0 N–H and O–H groups in total. The van der Waals surface area contributed by atoms with Crippen LogP contribution in [0.4, 0.5) is 22.0 Å². The Morgan fingerprint density at radius 1 is 0.727 bits per heavy atom. The molecule has 0 radical (unpaired) electrons. The summed E-state index contributed by atoms with van der Waals surface area (Å²) in [5.41, 5.74) is -1.16. The molecule has 0 aromatic heterocycles. The second-order valence-electron chi connectivity index (χ2n) is 4.41. The van der Waals surface area contributed by atoms with Gasteiger partial charge in [0.2, 0.25) is 7.28 Å². The Hall–Kier alpha value is -2.25. The Labute approximate surface area is 123 Å². The van der Waals surface area contributed by atoms with Crippen LogP contribution in [0.3, 0.4) is 0 Å². The molecule has 0 saturated carbocycles. The monoisotopic (exact) mass is 316 g/mol. The molecule has 2 aromatic rings. The summed E-state index contributed by atoms with van der Waals surface area (Å²) in [6.45, 7) is 0. The minimum absolute atomic E-state index is 0.0726. The number of methoxy groups -OCH3 is 2. The molecule has 0 heterocycles. The van der Waals surface area contributed by atoms with Crippen LogP contribution >= 0.6 is 0 Å². The predicted molar refractivity (Wildman–Crippen MR) is 72.2 cm³/mol. The maximum atomic E-state index is 13.9. The molecule has 0 amide bonds. The smallest absolute Gasteiger partial charge is 0.209 e. The van der Waals surface area contributed by atoms with Crippen molar-refractivity contribution in [1.29, 1.82) is 0 Å². The van der Waals surface area contributed by atoms with E-state index in [0.717, 1.165) is 19.2 Å². The summed E-state index contributed by atoms with van der Waals surface area (Å²) in [4.78, 5) is 0. The van der Waals surface area contributed by atoms with Crippen LogP contribution in [0.1, 0.15) is 0 Å². The maximum Gasteiger partial charge on any atom is 0.209 e. The fourth-order valence-electron chi connectivity index (χ4n) is 2.05. The van der Waals surface area contributed by atoms with Crippen molar-refractivity contribution in [3.63, 3.8) is 0 Å². The number of halogens is 5. The number of rotatable bonds is 4. The van der Waals surface area contributed by atoms with E-state index < -0.39 is 53.0 Å². The minimum Gasteiger partial charge on any atom is -0.497 e. The highest BCUT2D eigenvalue weighted by Crippen LogP contribution is 2.19. The Morgan fingerprint density at radius 3 is 1.82 bits per heavy atom. The number of hydrogen-bond donors (Lipinski definition) is 0. The molecule has 0 spiro atoms. The van der Waals surface area contributed by atoms with E-state index in [0.29, 0.717) is 6.07 Å². The first kappa shape index (κ1) is 16.1. The molecule has 0 atom stereocenters. The fraction of sp³-hybridized carbons (Fsp3) is 0.143. The summed E-state index contributed by atoms with van der Waals surface area (Å²) in [5, 5.41) is 0. The number of hydrogen-bond acceptors (Lipinski definition) is 2. The summed E-state index contributed by atoms with van der Waals surface area (Å²) >= 11 is 0. The number of benzene rings is 2. The van der Waals surface area contributed by atoms with Crippen molar-refractivity contribution in [1.82, 2.24) is 0 Å². The molecular weight excluding hydrogens is 306 g/mol. The highest BCUT2D eigenvalue weighted by Gasteiger charge is 2.24. The molecule has 0 fully saturated rings.